The number of aromatic nitrogens is 4. The number of rotatable bonds is 7. The van der Waals surface area contributed by atoms with E-state index in [9.17, 15) is 19.7 Å². The largest absolute Gasteiger partial charge is 0.467 e. The third kappa shape index (κ3) is 3.86. The van der Waals surface area contributed by atoms with Gasteiger partial charge in [0, 0.05) is 12.7 Å². The fourth-order valence-corrected chi connectivity index (χ4v) is 2.52. The fraction of sp³-hybridized carbons (Fsp3) is 0.200. The van der Waals surface area contributed by atoms with Crippen LogP contribution in [0.4, 0.5) is 11.5 Å². The van der Waals surface area contributed by atoms with E-state index in [-0.39, 0.29) is 23.6 Å². The van der Waals surface area contributed by atoms with Crippen LogP contribution in [0, 0.1) is 10.1 Å². The first-order valence-corrected chi connectivity index (χ1v) is 8.36. The number of nitro groups is 1. The second kappa shape index (κ2) is 7.92. The van der Waals surface area contributed by atoms with Gasteiger partial charge in [0.1, 0.15) is 5.76 Å². The highest BCUT2D eigenvalue weighted by molar-refractivity contribution is 6.36. The van der Waals surface area contributed by atoms with Crippen LogP contribution < -0.4 is 10.6 Å². The third-order valence-corrected chi connectivity index (χ3v) is 4.00. The molecule has 3 aromatic heterocycles. The maximum absolute atomic E-state index is 12.5. The van der Waals surface area contributed by atoms with Crippen molar-refractivity contribution >= 4 is 34.9 Å². The molecular formula is C15H14ClN7O5. The highest BCUT2D eigenvalue weighted by atomic mass is 35.5. The molecule has 0 spiro atoms. The van der Waals surface area contributed by atoms with Crippen molar-refractivity contribution in [2.75, 3.05) is 5.32 Å². The van der Waals surface area contributed by atoms with Crippen LogP contribution in [-0.2, 0) is 13.1 Å². The number of anilines is 1. The Morgan fingerprint density at radius 2 is 2.18 bits per heavy atom. The number of hydrogen-bond donors (Lipinski definition) is 3. The van der Waals surface area contributed by atoms with Gasteiger partial charge in [-0.15, -0.1) is 5.10 Å². The van der Waals surface area contributed by atoms with E-state index in [1.165, 1.54) is 17.1 Å². The maximum Gasteiger partial charge on any atom is 0.362 e. The summed E-state index contributed by atoms with van der Waals surface area (Å²) in [6, 6.07) is 3.38. The van der Waals surface area contributed by atoms with E-state index in [4.69, 9.17) is 16.0 Å². The quantitative estimate of drug-likeness (QED) is 0.398. The molecule has 146 valence electrons. The molecule has 13 heteroatoms. The van der Waals surface area contributed by atoms with Crippen LogP contribution >= 0.6 is 11.6 Å². The summed E-state index contributed by atoms with van der Waals surface area (Å²) in [5, 5.41) is 25.2. The Kier molecular flexibility index (Phi) is 5.40. The smallest absolute Gasteiger partial charge is 0.362 e. The topological polar surface area (TPSA) is 161 Å². The molecule has 0 unspecified atom stereocenters. The van der Waals surface area contributed by atoms with Crippen LogP contribution in [0.2, 0.25) is 5.02 Å². The lowest BCUT2D eigenvalue weighted by atomic mass is 10.3. The van der Waals surface area contributed by atoms with Crippen molar-refractivity contribution in [3.63, 3.8) is 0 Å². The Labute approximate surface area is 162 Å². The zero-order valence-corrected chi connectivity index (χ0v) is 15.2. The van der Waals surface area contributed by atoms with Gasteiger partial charge in [0.2, 0.25) is 0 Å². The molecule has 3 aromatic rings. The summed E-state index contributed by atoms with van der Waals surface area (Å²) in [4.78, 5) is 34.9. The summed E-state index contributed by atoms with van der Waals surface area (Å²) in [6.07, 6.45) is 2.93. The normalized spacial score (nSPS) is 10.6. The molecule has 0 saturated carbocycles. The molecule has 12 nitrogen and oxygen atoms in total. The molecule has 0 aromatic carbocycles. The number of aryl methyl sites for hydroxylation is 1. The molecule has 0 bridgehead atoms. The van der Waals surface area contributed by atoms with Crippen molar-refractivity contribution in [2.24, 2.45) is 0 Å². The molecule has 0 aliphatic carbocycles. The number of carbonyl (C=O) groups is 2. The predicted octanol–water partition coefficient (Wildman–Crippen LogP) is 1.96. The van der Waals surface area contributed by atoms with Gasteiger partial charge in [-0.25, -0.2) is 0 Å². The van der Waals surface area contributed by atoms with Crippen molar-refractivity contribution in [1.29, 1.82) is 0 Å². The number of aromatic amines is 1. The Balaban J connectivity index is 1.79. The van der Waals surface area contributed by atoms with Crippen LogP contribution in [0.1, 0.15) is 33.7 Å². The SMILES string of the molecule is CCn1cc(NC(=O)c2n[nH]c([N+](=O)[O-])c2Cl)c(C(=O)NCc2ccco2)n1. The summed E-state index contributed by atoms with van der Waals surface area (Å²) in [7, 11) is 0. The van der Waals surface area contributed by atoms with Crippen molar-refractivity contribution in [3.05, 3.63) is 56.9 Å². The molecule has 0 saturated heterocycles. The summed E-state index contributed by atoms with van der Waals surface area (Å²) < 4.78 is 6.59. The Morgan fingerprint density at radius 1 is 1.39 bits per heavy atom. The molecule has 0 aliphatic heterocycles. The van der Waals surface area contributed by atoms with Crippen LogP contribution in [0.5, 0.6) is 0 Å². The Bertz CT molecular complexity index is 1020. The molecule has 2 amide bonds. The predicted molar refractivity (Wildman–Crippen MR) is 96.0 cm³/mol. The maximum atomic E-state index is 12.5. The van der Waals surface area contributed by atoms with E-state index in [1.54, 1.807) is 19.1 Å². The number of nitrogens with zero attached hydrogens (tertiary/aromatic N) is 4. The van der Waals surface area contributed by atoms with Gasteiger partial charge in [-0.1, -0.05) is 16.7 Å². The first-order valence-electron chi connectivity index (χ1n) is 7.98. The van der Waals surface area contributed by atoms with Gasteiger partial charge < -0.3 is 25.2 Å². The van der Waals surface area contributed by atoms with Crippen molar-refractivity contribution in [2.45, 2.75) is 20.0 Å². The molecule has 3 heterocycles. The molecule has 3 N–H and O–H groups in total. The van der Waals surface area contributed by atoms with E-state index in [0.29, 0.717) is 12.3 Å². The van der Waals surface area contributed by atoms with Gasteiger partial charge in [-0.3, -0.25) is 14.3 Å². The number of nitrogens with one attached hydrogen (secondary N) is 3. The monoisotopic (exact) mass is 407 g/mol. The van der Waals surface area contributed by atoms with Crippen LogP contribution in [0.3, 0.4) is 0 Å². The fourth-order valence-electron chi connectivity index (χ4n) is 2.28. The third-order valence-electron chi connectivity index (χ3n) is 3.64. The number of furan rings is 1. The van der Waals surface area contributed by atoms with E-state index in [0.717, 1.165) is 0 Å². The lowest BCUT2D eigenvalue weighted by Gasteiger charge is -2.04. The summed E-state index contributed by atoms with van der Waals surface area (Å²) in [5.74, 6) is -1.43. The number of halogens is 1. The molecule has 0 radical (unpaired) electrons. The van der Waals surface area contributed by atoms with Gasteiger partial charge in [-0.2, -0.15) is 5.10 Å². The minimum Gasteiger partial charge on any atom is -0.467 e. The van der Waals surface area contributed by atoms with Gasteiger partial charge in [-0.05, 0) is 24.0 Å². The standard InChI is InChI=1S/C15H14ClN7O5/c1-2-22-7-9(11(21-22)14(24)17-6-8-4-3-5-28-8)18-15(25)12-10(16)13(20-19-12)23(26)27/h3-5,7H,2,6H2,1H3,(H,17,24)(H,18,25)(H,19,20). The van der Waals surface area contributed by atoms with Crippen LogP contribution in [-0.4, -0.2) is 36.7 Å². The van der Waals surface area contributed by atoms with E-state index in [1.807, 2.05) is 0 Å². The number of hydrogen-bond acceptors (Lipinski definition) is 7. The Hall–Kier alpha value is -3.67. The zero-order chi connectivity index (χ0) is 20.3. The molecule has 0 atom stereocenters. The molecule has 3 rings (SSSR count). The minimum atomic E-state index is -0.829. The highest BCUT2D eigenvalue weighted by Crippen LogP contribution is 2.26. The first-order chi connectivity index (χ1) is 13.4. The van der Waals surface area contributed by atoms with Gasteiger partial charge in [0.05, 0.1) is 18.5 Å². The second-order valence-electron chi connectivity index (χ2n) is 5.46. The highest BCUT2D eigenvalue weighted by Gasteiger charge is 2.27. The molecule has 28 heavy (non-hydrogen) atoms. The van der Waals surface area contributed by atoms with Gasteiger partial charge in [0.15, 0.2) is 16.4 Å². The Morgan fingerprint density at radius 3 is 2.79 bits per heavy atom. The molecule has 0 fully saturated rings. The van der Waals surface area contributed by atoms with Crippen molar-refractivity contribution in [3.8, 4) is 0 Å². The van der Waals surface area contributed by atoms with E-state index < -0.39 is 27.6 Å². The molecule has 0 aliphatic rings. The number of carbonyl (C=O) groups excluding carboxylic acids is 2. The zero-order valence-electron chi connectivity index (χ0n) is 14.4. The summed E-state index contributed by atoms with van der Waals surface area (Å²) in [6.45, 7) is 2.38. The first kappa shape index (κ1) is 19.1. The van der Waals surface area contributed by atoms with Crippen molar-refractivity contribution in [1.82, 2.24) is 25.3 Å². The van der Waals surface area contributed by atoms with Gasteiger partial charge in [0.25, 0.3) is 11.8 Å². The van der Waals surface area contributed by atoms with E-state index >= 15 is 0 Å². The lowest BCUT2D eigenvalue weighted by molar-refractivity contribution is -0.389. The van der Waals surface area contributed by atoms with Crippen LogP contribution in [0.15, 0.2) is 29.0 Å². The molecular weight excluding hydrogens is 394 g/mol. The average molecular weight is 408 g/mol. The van der Waals surface area contributed by atoms with Crippen molar-refractivity contribution < 1.29 is 18.9 Å². The second-order valence-corrected chi connectivity index (χ2v) is 5.83. The van der Waals surface area contributed by atoms with Gasteiger partial charge >= 0.3 is 5.82 Å². The minimum absolute atomic E-state index is 0.0390. The number of H-pyrrole nitrogens is 1. The van der Waals surface area contributed by atoms with Crippen LogP contribution in [0.25, 0.3) is 0 Å². The van der Waals surface area contributed by atoms with E-state index in [2.05, 4.69) is 25.9 Å². The number of amides is 2. The average Bonchev–Trinajstić information content (AvgIpc) is 3.39. The summed E-state index contributed by atoms with van der Waals surface area (Å²) >= 11 is 5.82. The lowest BCUT2D eigenvalue weighted by Crippen LogP contribution is -2.25. The summed E-state index contributed by atoms with van der Waals surface area (Å²) in [5.41, 5.74) is -0.312.